The Kier molecular flexibility index (Phi) is 4.63. The summed E-state index contributed by atoms with van der Waals surface area (Å²) in [6.45, 7) is 2.20. The number of aryl methyl sites for hydroxylation is 1. The van der Waals surface area contributed by atoms with Gasteiger partial charge in [-0.1, -0.05) is 29.8 Å². The Morgan fingerprint density at radius 2 is 2.14 bits per heavy atom. The maximum absolute atomic E-state index is 9.61. The molecule has 0 fully saturated rings. The first-order chi connectivity index (χ1) is 6.72. The predicted molar refractivity (Wildman–Crippen MR) is 57.2 cm³/mol. The highest BCUT2D eigenvalue weighted by atomic mass is 16.3. The normalized spacial score (nSPS) is 12.8. The molecule has 0 saturated heterocycles. The first kappa shape index (κ1) is 11.2. The molecule has 0 aromatic heterocycles. The number of aliphatic hydroxyl groups excluding tert-OH is 2. The third-order valence-electron chi connectivity index (χ3n) is 2.25. The predicted octanol–water partition coefficient (Wildman–Crippen LogP) is 1.67. The Hall–Kier alpha value is -0.860. The molecule has 0 aliphatic carbocycles. The molecule has 2 N–H and O–H groups in total. The summed E-state index contributed by atoms with van der Waals surface area (Å²) in [4.78, 5) is 0. The summed E-state index contributed by atoms with van der Waals surface area (Å²) >= 11 is 0. The van der Waals surface area contributed by atoms with Gasteiger partial charge in [-0.25, -0.2) is 0 Å². The van der Waals surface area contributed by atoms with Gasteiger partial charge in [-0.3, -0.25) is 0 Å². The van der Waals surface area contributed by atoms with E-state index in [1.54, 1.807) is 0 Å². The van der Waals surface area contributed by atoms with Gasteiger partial charge < -0.3 is 10.2 Å². The number of hydrogen-bond donors (Lipinski definition) is 2. The maximum Gasteiger partial charge on any atom is 0.0581 e. The Morgan fingerprint density at radius 3 is 2.79 bits per heavy atom. The Bertz CT molecular complexity index is 271. The Labute approximate surface area is 85.2 Å². The topological polar surface area (TPSA) is 40.5 Å². The molecule has 0 heterocycles. The van der Waals surface area contributed by atoms with Crippen LogP contribution in [-0.2, 0) is 6.42 Å². The van der Waals surface area contributed by atoms with E-state index in [9.17, 15) is 5.11 Å². The van der Waals surface area contributed by atoms with E-state index in [2.05, 4.69) is 6.07 Å². The van der Waals surface area contributed by atoms with Gasteiger partial charge in [0.15, 0.2) is 0 Å². The van der Waals surface area contributed by atoms with Crippen molar-refractivity contribution in [3.63, 3.8) is 0 Å². The van der Waals surface area contributed by atoms with Crippen LogP contribution in [0.1, 0.15) is 24.0 Å². The van der Waals surface area contributed by atoms with Gasteiger partial charge in [0.25, 0.3) is 0 Å². The van der Waals surface area contributed by atoms with Crippen LogP contribution in [0.2, 0.25) is 0 Å². The maximum atomic E-state index is 9.61. The molecule has 0 aliphatic heterocycles. The van der Waals surface area contributed by atoms with Gasteiger partial charge in [0, 0.05) is 6.61 Å². The summed E-state index contributed by atoms with van der Waals surface area (Å²) in [5.74, 6) is 0. The number of hydrogen-bond acceptors (Lipinski definition) is 2. The zero-order valence-corrected chi connectivity index (χ0v) is 8.61. The van der Waals surface area contributed by atoms with Crippen molar-refractivity contribution in [2.75, 3.05) is 6.61 Å². The quantitative estimate of drug-likeness (QED) is 0.748. The summed E-state index contributed by atoms with van der Waals surface area (Å²) in [6.07, 6.45) is 1.70. The van der Waals surface area contributed by atoms with Gasteiger partial charge in [0.1, 0.15) is 0 Å². The van der Waals surface area contributed by atoms with Crippen LogP contribution in [0.25, 0.3) is 0 Å². The van der Waals surface area contributed by atoms with Crippen molar-refractivity contribution in [3.8, 4) is 0 Å². The van der Waals surface area contributed by atoms with Crippen LogP contribution >= 0.6 is 0 Å². The molecule has 1 rings (SSSR count). The smallest absolute Gasteiger partial charge is 0.0581 e. The molecule has 1 aromatic rings. The van der Waals surface area contributed by atoms with E-state index in [0.717, 1.165) is 5.56 Å². The lowest BCUT2D eigenvalue weighted by Gasteiger charge is -2.09. The standard InChI is InChI=1S/C12H18O2/c1-10-4-2-5-11(8-10)9-12(14)6-3-7-13/h2,4-5,8,12-14H,3,6-7,9H2,1H3. The second-order valence-corrected chi connectivity index (χ2v) is 3.71. The van der Waals surface area contributed by atoms with Crippen molar-refractivity contribution in [2.24, 2.45) is 0 Å². The second kappa shape index (κ2) is 5.78. The summed E-state index contributed by atoms with van der Waals surface area (Å²) in [5, 5.41) is 18.2. The summed E-state index contributed by atoms with van der Waals surface area (Å²) in [5.41, 5.74) is 2.38. The molecule has 1 atom stereocenters. The van der Waals surface area contributed by atoms with Crippen molar-refractivity contribution in [1.82, 2.24) is 0 Å². The number of rotatable bonds is 5. The first-order valence-corrected chi connectivity index (χ1v) is 5.07. The van der Waals surface area contributed by atoms with E-state index in [1.807, 2.05) is 25.1 Å². The molecule has 0 bridgehead atoms. The van der Waals surface area contributed by atoms with Gasteiger partial charge >= 0.3 is 0 Å². The average molecular weight is 194 g/mol. The van der Waals surface area contributed by atoms with Gasteiger partial charge in [0.2, 0.25) is 0 Å². The number of benzene rings is 1. The van der Waals surface area contributed by atoms with Crippen molar-refractivity contribution in [2.45, 2.75) is 32.3 Å². The van der Waals surface area contributed by atoms with E-state index in [-0.39, 0.29) is 12.7 Å². The van der Waals surface area contributed by atoms with E-state index < -0.39 is 0 Å². The van der Waals surface area contributed by atoms with E-state index >= 15 is 0 Å². The van der Waals surface area contributed by atoms with E-state index in [0.29, 0.717) is 19.3 Å². The molecule has 78 valence electrons. The molecule has 0 aliphatic rings. The van der Waals surface area contributed by atoms with Crippen molar-refractivity contribution in [3.05, 3.63) is 35.4 Å². The second-order valence-electron chi connectivity index (χ2n) is 3.71. The van der Waals surface area contributed by atoms with Gasteiger partial charge in [-0.05, 0) is 31.7 Å². The van der Waals surface area contributed by atoms with Gasteiger partial charge in [-0.15, -0.1) is 0 Å². The fraction of sp³-hybridized carbons (Fsp3) is 0.500. The molecule has 0 saturated carbocycles. The van der Waals surface area contributed by atoms with Crippen LogP contribution in [-0.4, -0.2) is 22.9 Å². The average Bonchev–Trinajstić information content (AvgIpc) is 2.15. The minimum absolute atomic E-state index is 0.158. The van der Waals surface area contributed by atoms with Crippen LogP contribution in [0, 0.1) is 6.92 Å². The van der Waals surface area contributed by atoms with Crippen molar-refractivity contribution in [1.29, 1.82) is 0 Å². The monoisotopic (exact) mass is 194 g/mol. The molecule has 1 unspecified atom stereocenters. The van der Waals surface area contributed by atoms with E-state index in [1.165, 1.54) is 5.56 Å². The van der Waals surface area contributed by atoms with Crippen molar-refractivity contribution < 1.29 is 10.2 Å². The van der Waals surface area contributed by atoms with Gasteiger partial charge in [0.05, 0.1) is 6.10 Å². The lowest BCUT2D eigenvalue weighted by Crippen LogP contribution is -2.11. The Balaban J connectivity index is 2.43. The fourth-order valence-corrected chi connectivity index (χ4v) is 1.54. The summed E-state index contributed by atoms with van der Waals surface area (Å²) < 4.78 is 0. The highest BCUT2D eigenvalue weighted by Crippen LogP contribution is 2.09. The molecule has 0 spiro atoms. The summed E-state index contributed by atoms with van der Waals surface area (Å²) in [7, 11) is 0. The largest absolute Gasteiger partial charge is 0.396 e. The van der Waals surface area contributed by atoms with Crippen LogP contribution in [0.3, 0.4) is 0 Å². The molecule has 1 aromatic carbocycles. The highest BCUT2D eigenvalue weighted by molar-refractivity contribution is 5.22. The van der Waals surface area contributed by atoms with E-state index in [4.69, 9.17) is 5.11 Å². The third-order valence-corrected chi connectivity index (χ3v) is 2.25. The van der Waals surface area contributed by atoms with Gasteiger partial charge in [-0.2, -0.15) is 0 Å². The molecular formula is C12H18O2. The van der Waals surface area contributed by atoms with Crippen LogP contribution < -0.4 is 0 Å². The molecule has 2 nitrogen and oxygen atoms in total. The molecule has 14 heavy (non-hydrogen) atoms. The minimum Gasteiger partial charge on any atom is -0.396 e. The molecule has 0 amide bonds. The van der Waals surface area contributed by atoms with Crippen LogP contribution in [0.15, 0.2) is 24.3 Å². The molecule has 2 heteroatoms. The zero-order chi connectivity index (χ0) is 10.4. The lowest BCUT2D eigenvalue weighted by molar-refractivity contribution is 0.150. The SMILES string of the molecule is Cc1cccc(CC(O)CCCO)c1. The third kappa shape index (κ3) is 3.90. The minimum atomic E-state index is -0.330. The van der Waals surface area contributed by atoms with Crippen LogP contribution in [0.5, 0.6) is 0 Å². The molecule has 0 radical (unpaired) electrons. The highest BCUT2D eigenvalue weighted by Gasteiger charge is 2.04. The first-order valence-electron chi connectivity index (χ1n) is 5.07. The van der Waals surface area contributed by atoms with Crippen molar-refractivity contribution >= 4 is 0 Å². The molecular weight excluding hydrogens is 176 g/mol. The number of aliphatic hydroxyl groups is 2. The zero-order valence-electron chi connectivity index (χ0n) is 8.61. The fourth-order valence-electron chi connectivity index (χ4n) is 1.54. The Morgan fingerprint density at radius 1 is 1.36 bits per heavy atom. The van der Waals surface area contributed by atoms with Crippen LogP contribution in [0.4, 0.5) is 0 Å². The lowest BCUT2D eigenvalue weighted by atomic mass is 10.0. The summed E-state index contributed by atoms with van der Waals surface area (Å²) in [6, 6.07) is 8.16.